The highest BCUT2D eigenvalue weighted by Gasteiger charge is 2.77. The number of carbonyl (C=O) groups excluding carboxylic acids is 12. The van der Waals surface area contributed by atoms with Gasteiger partial charge in [-0.1, -0.05) is 20.8 Å². The third kappa shape index (κ3) is 15.6. The van der Waals surface area contributed by atoms with Gasteiger partial charge in [0.1, 0.15) is 88.9 Å². The molecule has 0 radical (unpaired) electrons. The third-order valence-electron chi connectivity index (χ3n) is 31.3. The van der Waals surface area contributed by atoms with Crippen LogP contribution in [0.25, 0.3) is 0 Å². The molecular weight excluding hydrogens is 1760 g/mol. The van der Waals surface area contributed by atoms with E-state index in [4.69, 9.17) is 56.8 Å². The fourth-order valence-corrected chi connectivity index (χ4v) is 27.4. The van der Waals surface area contributed by atoms with Crippen LogP contribution in [0.5, 0.6) is 0 Å². The number of halogens is 6. The van der Waals surface area contributed by atoms with E-state index in [2.05, 4.69) is 28.1 Å². The summed E-state index contributed by atoms with van der Waals surface area (Å²) in [6, 6.07) is 0. The van der Waals surface area contributed by atoms with E-state index in [1.165, 1.54) is 19.3 Å². The first-order chi connectivity index (χ1) is 58.8. The molecule has 21 fully saturated rings. The van der Waals surface area contributed by atoms with Crippen molar-refractivity contribution >= 4 is 102 Å². The lowest BCUT2D eigenvalue weighted by atomic mass is 9.47. The molecule has 0 aromatic heterocycles. The number of hydrogen-bond donors (Lipinski definition) is 0. The number of ether oxygens (including phenoxy) is 15. The molecule has 0 spiro atoms. The van der Waals surface area contributed by atoms with Gasteiger partial charge >= 0.3 is 87.4 Å². The van der Waals surface area contributed by atoms with Crippen LogP contribution in [0.3, 0.4) is 0 Å². The Labute approximate surface area is 718 Å². The number of alkyl halides is 6. The lowest BCUT2D eigenvalue weighted by Crippen LogP contribution is -2.63. The predicted octanol–water partition coefficient (Wildman–Crippen LogP) is 5.36. The highest BCUT2D eigenvalue weighted by atomic mass is 32.2. The normalized spacial score (nSPS) is 41.9. The maximum Gasteiger partial charge on any atom is 0.369 e. The van der Waals surface area contributed by atoms with Crippen LogP contribution in [-0.2, 0) is 159 Å². The molecule has 126 heavy (non-hydrogen) atoms. The molecule has 0 aromatic rings. The Morgan fingerprint density at radius 1 is 0.373 bits per heavy atom. The Kier molecular flexibility index (Phi) is 23.9. The SMILES string of the molecule is CC(C)C1(OC(=O)C2C3OC4C(OC(=O)C42)C3OC(=O)CCC(=O)OC(C)C(F)(F)S(=O)(=O)[O-])C2CC3CC(C2)CC1C3.CC(OC(=O)CCC(=O)OC1C2OC(=O)C3C2OC1C3C(=O)OC1(C)C2CC3CC(C2)CC1C3)C(F)(F)S(=O)(=O)[O-].CCC1(OC(=O)C2C3OC4C(OC(=O)C42)C3OC(=O)CCC(=O)OC(C)C(F)(F)S(=O)(=O)[O-])C2CC3CC(C2)CC1C3. The van der Waals surface area contributed by atoms with Gasteiger partial charge in [0.05, 0.1) is 38.5 Å². The molecule has 0 N–H and O–H groups in total. The lowest BCUT2D eigenvalue weighted by molar-refractivity contribution is -0.230. The summed E-state index contributed by atoms with van der Waals surface area (Å²) in [5.74, 6) is -11.1. The van der Waals surface area contributed by atoms with Crippen LogP contribution >= 0.6 is 0 Å². The summed E-state index contributed by atoms with van der Waals surface area (Å²) in [5, 5.41) is -14.6. The molecule has 36 nitrogen and oxygen atoms in total. The van der Waals surface area contributed by atoms with E-state index in [-0.39, 0.29) is 41.4 Å². The highest BCUT2D eigenvalue weighted by Crippen LogP contribution is 2.66. The van der Waals surface area contributed by atoms with Crippen molar-refractivity contribution in [3.8, 4) is 0 Å². The van der Waals surface area contributed by atoms with Gasteiger partial charge < -0.3 is 84.7 Å². The van der Waals surface area contributed by atoms with Crippen LogP contribution in [0.2, 0.25) is 0 Å². The van der Waals surface area contributed by atoms with Crippen LogP contribution in [0.1, 0.15) is 190 Å². The number of rotatable bonds is 29. The first-order valence-corrected chi connectivity index (χ1v) is 47.5. The van der Waals surface area contributed by atoms with Gasteiger partial charge in [-0.05, 0) is 207 Å². The zero-order chi connectivity index (χ0) is 91.2. The second kappa shape index (κ2) is 32.7. The summed E-state index contributed by atoms with van der Waals surface area (Å²) in [5.41, 5.74) is -1.92. The number of fused-ring (bicyclic) bond motifs is 3. The molecular formula is C81H99F6O36S3-3. The van der Waals surface area contributed by atoms with Gasteiger partial charge in [0, 0.05) is 0 Å². The molecule has 9 aliphatic heterocycles. The van der Waals surface area contributed by atoms with E-state index >= 15 is 0 Å². The average molecular weight is 1860 g/mol. The molecule has 9 heterocycles. The van der Waals surface area contributed by atoms with Crippen molar-refractivity contribution in [2.24, 2.45) is 112 Å². The molecule has 21 unspecified atom stereocenters. The standard InChI is InChI=1S/C28H36F2O12S.C27H34F2O12S.C26H32F2O12S/c1-11(2)27(15-7-13-6-14(9-15)10-16(27)8-13)42-26(34)20-19-21-24(41-25(19)33)23(22(20)40-21)39-18(32)5-4-17(31)38-12(3)28(29,30)43(35,36)37;1-3-26(14-7-12-6-13(9-14)10-15(26)8-12)41-25(33)19-18-20-23(40-24(18)32)22(21(19)39-20)38-17(31)5-4-16(30)37-11(2)27(28,29)42(34,35)36;1-10(26(27,28)41(33,34)35)36-15(29)3-4-16(30)37-21-20-18(17-19(38-20)22(21)39-23(17)31)24(32)40-25(2)13-6-11-5-12(8-13)9-14(25)7-11/h11-16,19-24H,4-10H2,1-3H3,(H,35,36,37);11-15,18-23H,3-10H2,1-2H3,(H,34,35,36);10-14,17-22H,3-9H2,1-2H3,(H,33,34,35)/p-3. The average Bonchev–Trinajstić information content (AvgIpc) is 1.47. The van der Waals surface area contributed by atoms with Gasteiger partial charge in [0.25, 0.3) is 0 Å². The van der Waals surface area contributed by atoms with Crippen molar-refractivity contribution in [3.63, 3.8) is 0 Å². The summed E-state index contributed by atoms with van der Waals surface area (Å²) >= 11 is 0. The lowest BCUT2D eigenvalue weighted by Gasteiger charge is -2.62. The molecule has 702 valence electrons. The Morgan fingerprint density at radius 2 is 0.627 bits per heavy atom. The fraction of sp³-hybridized carbons (Fsp3) is 0.852. The monoisotopic (exact) mass is 1860 g/mol. The number of esters is 12. The van der Waals surface area contributed by atoms with Gasteiger partial charge in [0.2, 0.25) is 0 Å². The minimum atomic E-state index is -6.09. The Bertz CT molecular complexity index is 4710. The molecule has 12 saturated carbocycles. The van der Waals surface area contributed by atoms with E-state index in [0.29, 0.717) is 62.7 Å². The topological polar surface area (TPSA) is 515 Å². The minimum Gasteiger partial charge on any atom is -0.743 e. The summed E-state index contributed by atoms with van der Waals surface area (Å²) in [6.07, 6.45) is -7.33. The predicted molar refractivity (Wildman–Crippen MR) is 393 cm³/mol. The van der Waals surface area contributed by atoms with E-state index < -0.39 is 300 Å². The quantitative estimate of drug-likeness (QED) is 0.0393. The molecule has 12 aliphatic carbocycles. The van der Waals surface area contributed by atoms with Crippen molar-refractivity contribution < 1.29 is 194 Å². The highest BCUT2D eigenvalue weighted by molar-refractivity contribution is 7.87. The minimum absolute atomic E-state index is 0.0547. The maximum absolute atomic E-state index is 13.9. The summed E-state index contributed by atoms with van der Waals surface area (Å²) < 4.78 is 260. The van der Waals surface area contributed by atoms with Crippen LogP contribution in [0, 0.1) is 112 Å². The first kappa shape index (κ1) is 92.1. The van der Waals surface area contributed by atoms with Crippen LogP contribution in [-0.4, -0.2) is 235 Å². The second-order valence-corrected chi connectivity index (χ2v) is 42.9. The van der Waals surface area contributed by atoms with E-state index in [1.54, 1.807) is 0 Å². The summed E-state index contributed by atoms with van der Waals surface area (Å²) in [6.45, 7) is 9.72. The van der Waals surface area contributed by atoms with Crippen molar-refractivity contribution in [2.75, 3.05) is 0 Å². The van der Waals surface area contributed by atoms with Gasteiger partial charge in [0.15, 0.2) is 85.3 Å². The fourth-order valence-electron chi connectivity index (χ4n) is 26.1. The smallest absolute Gasteiger partial charge is 0.369 e. The Hall–Kier alpha value is -7.17. The first-order valence-electron chi connectivity index (χ1n) is 43.2. The summed E-state index contributed by atoms with van der Waals surface area (Å²) in [7, 11) is -18.3. The molecule has 21 aliphatic rings. The Balaban J connectivity index is 0.000000139. The van der Waals surface area contributed by atoms with Crippen LogP contribution in [0.4, 0.5) is 26.3 Å². The van der Waals surface area contributed by atoms with Gasteiger partial charge in [-0.2, -0.15) is 26.3 Å². The maximum atomic E-state index is 13.9. The van der Waals surface area contributed by atoms with Crippen LogP contribution < -0.4 is 0 Å². The molecule has 45 heteroatoms. The summed E-state index contributed by atoms with van der Waals surface area (Å²) in [4.78, 5) is 153. The van der Waals surface area contributed by atoms with Gasteiger partial charge in [-0.15, -0.1) is 0 Å². The third-order valence-corrected chi connectivity index (χ3v) is 34.3. The number of carbonyl (C=O) groups is 12. The van der Waals surface area contributed by atoms with E-state index in [1.807, 2.05) is 13.8 Å². The zero-order valence-electron chi connectivity index (χ0n) is 69.4. The van der Waals surface area contributed by atoms with Gasteiger partial charge in [-0.3, -0.25) is 57.5 Å². The van der Waals surface area contributed by atoms with E-state index in [0.717, 1.165) is 77.0 Å². The van der Waals surface area contributed by atoms with Crippen molar-refractivity contribution in [1.29, 1.82) is 0 Å². The van der Waals surface area contributed by atoms with Crippen molar-refractivity contribution in [2.45, 2.75) is 314 Å². The molecule has 21 atom stereocenters. The van der Waals surface area contributed by atoms with E-state index in [9.17, 15) is 123 Å². The number of hydrogen-bond acceptors (Lipinski definition) is 36. The largest absolute Gasteiger partial charge is 0.743 e. The molecule has 21 rings (SSSR count). The zero-order valence-corrected chi connectivity index (χ0v) is 71.8. The molecule has 0 aromatic carbocycles. The van der Waals surface area contributed by atoms with Crippen LogP contribution in [0.15, 0.2) is 0 Å². The Morgan fingerprint density at radius 3 is 0.897 bits per heavy atom. The molecule has 18 bridgehead atoms. The van der Waals surface area contributed by atoms with Crippen molar-refractivity contribution in [1.82, 2.24) is 0 Å². The second-order valence-electron chi connectivity index (χ2n) is 38.5. The van der Waals surface area contributed by atoms with Crippen molar-refractivity contribution in [3.05, 3.63) is 0 Å². The molecule has 0 amide bonds. The molecule has 9 saturated heterocycles. The van der Waals surface area contributed by atoms with Gasteiger partial charge in [-0.25, -0.2) is 25.3 Å².